The molecule has 7 heteroatoms. The van der Waals surface area contributed by atoms with Gasteiger partial charge in [-0.15, -0.1) is 0 Å². The number of rotatable bonds is 7. The van der Waals surface area contributed by atoms with Crippen molar-refractivity contribution in [1.82, 2.24) is 5.32 Å². The zero-order chi connectivity index (χ0) is 21.2. The Kier molecular flexibility index (Phi) is 7.36. The van der Waals surface area contributed by atoms with Crippen LogP contribution in [0.1, 0.15) is 15.9 Å². The number of carbonyl (C=O) groups excluding carboxylic acids is 1. The van der Waals surface area contributed by atoms with Crippen LogP contribution in [0.3, 0.4) is 0 Å². The maximum atomic E-state index is 12.3. The summed E-state index contributed by atoms with van der Waals surface area (Å²) < 4.78 is 11.2. The summed E-state index contributed by atoms with van der Waals surface area (Å²) in [6.45, 7) is 0.806. The largest absolute Gasteiger partial charge is 0.490 e. The molecule has 0 bridgehead atoms. The lowest BCUT2D eigenvalue weighted by molar-refractivity contribution is 0.0977. The zero-order valence-electron chi connectivity index (χ0n) is 16.0. The van der Waals surface area contributed by atoms with E-state index in [0.717, 1.165) is 5.75 Å². The molecule has 0 aromatic heterocycles. The highest BCUT2D eigenvalue weighted by Crippen LogP contribution is 2.13. The van der Waals surface area contributed by atoms with Gasteiger partial charge in [0.1, 0.15) is 24.7 Å². The minimum atomic E-state index is -0.333. The SMILES string of the molecule is N#Cc1ccc(NC(=S)NC(=O)c2ccc(OCCOc3ccccc3)cc2)cc1. The zero-order valence-corrected chi connectivity index (χ0v) is 16.8. The van der Waals surface area contributed by atoms with Crippen LogP contribution in [-0.2, 0) is 0 Å². The lowest BCUT2D eigenvalue weighted by Gasteiger charge is -2.11. The quantitative estimate of drug-likeness (QED) is 0.444. The smallest absolute Gasteiger partial charge is 0.257 e. The van der Waals surface area contributed by atoms with E-state index in [1.807, 2.05) is 36.4 Å². The van der Waals surface area contributed by atoms with E-state index in [9.17, 15) is 4.79 Å². The number of amides is 1. The number of nitriles is 1. The molecule has 2 N–H and O–H groups in total. The number of benzene rings is 3. The van der Waals surface area contributed by atoms with Gasteiger partial charge >= 0.3 is 0 Å². The van der Waals surface area contributed by atoms with E-state index < -0.39 is 0 Å². The molecular formula is C23H19N3O3S. The van der Waals surface area contributed by atoms with Crippen molar-refractivity contribution in [2.45, 2.75) is 0 Å². The highest BCUT2D eigenvalue weighted by atomic mass is 32.1. The number of anilines is 1. The second-order valence-electron chi connectivity index (χ2n) is 6.13. The number of carbonyl (C=O) groups is 1. The van der Waals surface area contributed by atoms with Crippen LogP contribution in [0.2, 0.25) is 0 Å². The Morgan fingerprint density at radius 1 is 0.867 bits per heavy atom. The lowest BCUT2D eigenvalue weighted by Crippen LogP contribution is -2.34. The summed E-state index contributed by atoms with van der Waals surface area (Å²) in [6, 6.07) is 25.1. The molecule has 3 aromatic carbocycles. The summed E-state index contributed by atoms with van der Waals surface area (Å²) in [5.41, 5.74) is 1.68. The number of thiocarbonyl (C=S) groups is 1. The summed E-state index contributed by atoms with van der Waals surface area (Å²) in [4.78, 5) is 12.3. The highest BCUT2D eigenvalue weighted by Gasteiger charge is 2.08. The Labute approximate surface area is 180 Å². The van der Waals surface area contributed by atoms with E-state index >= 15 is 0 Å². The molecule has 30 heavy (non-hydrogen) atoms. The van der Waals surface area contributed by atoms with Gasteiger partial charge in [-0.2, -0.15) is 5.26 Å². The number of nitrogens with zero attached hydrogens (tertiary/aromatic N) is 1. The van der Waals surface area contributed by atoms with Gasteiger partial charge in [0.05, 0.1) is 11.6 Å². The van der Waals surface area contributed by atoms with Crippen molar-refractivity contribution in [3.8, 4) is 17.6 Å². The van der Waals surface area contributed by atoms with Gasteiger partial charge in [0.15, 0.2) is 5.11 Å². The molecular weight excluding hydrogens is 398 g/mol. The molecule has 0 radical (unpaired) electrons. The average Bonchev–Trinajstić information content (AvgIpc) is 2.78. The third-order valence-corrected chi connectivity index (χ3v) is 4.18. The Bertz CT molecular complexity index is 1030. The molecule has 6 nitrogen and oxygen atoms in total. The van der Waals surface area contributed by atoms with Gasteiger partial charge in [-0.25, -0.2) is 0 Å². The van der Waals surface area contributed by atoms with Gasteiger partial charge in [0.2, 0.25) is 0 Å². The van der Waals surface area contributed by atoms with Crippen LogP contribution in [0.15, 0.2) is 78.9 Å². The van der Waals surface area contributed by atoms with E-state index in [0.29, 0.717) is 35.8 Å². The maximum absolute atomic E-state index is 12.3. The molecule has 0 heterocycles. The summed E-state index contributed by atoms with van der Waals surface area (Å²) in [5, 5.41) is 14.5. The van der Waals surface area contributed by atoms with Gasteiger partial charge < -0.3 is 14.8 Å². The summed E-state index contributed by atoms with van der Waals surface area (Å²) >= 11 is 5.16. The third-order valence-electron chi connectivity index (χ3n) is 3.98. The number of hydrogen-bond donors (Lipinski definition) is 2. The van der Waals surface area contributed by atoms with Crippen LogP contribution in [-0.4, -0.2) is 24.2 Å². The summed E-state index contributed by atoms with van der Waals surface area (Å²) in [7, 11) is 0. The Hall–Kier alpha value is -3.89. The molecule has 0 aliphatic heterocycles. The van der Waals surface area contributed by atoms with E-state index in [1.165, 1.54) is 0 Å². The van der Waals surface area contributed by atoms with Gasteiger partial charge in [-0.3, -0.25) is 10.1 Å². The van der Waals surface area contributed by atoms with E-state index in [1.54, 1.807) is 48.5 Å². The molecule has 0 saturated heterocycles. The predicted molar refractivity (Wildman–Crippen MR) is 119 cm³/mol. The first kappa shape index (κ1) is 20.8. The van der Waals surface area contributed by atoms with Crippen molar-refractivity contribution >= 4 is 28.9 Å². The lowest BCUT2D eigenvalue weighted by atomic mass is 10.2. The van der Waals surface area contributed by atoms with Crippen molar-refractivity contribution in [3.63, 3.8) is 0 Å². The van der Waals surface area contributed by atoms with Gasteiger partial charge in [0, 0.05) is 11.3 Å². The molecule has 3 rings (SSSR count). The van der Waals surface area contributed by atoms with Crippen LogP contribution >= 0.6 is 12.2 Å². The molecule has 0 fully saturated rings. The van der Waals surface area contributed by atoms with Crippen molar-refractivity contribution in [2.75, 3.05) is 18.5 Å². The minimum absolute atomic E-state index is 0.170. The van der Waals surface area contributed by atoms with E-state index in [2.05, 4.69) is 10.6 Å². The van der Waals surface area contributed by atoms with Crippen LogP contribution in [0, 0.1) is 11.3 Å². The second kappa shape index (κ2) is 10.6. The monoisotopic (exact) mass is 417 g/mol. The standard InChI is InChI=1S/C23H19N3O3S/c24-16-17-6-10-19(11-7-17)25-23(30)26-22(27)18-8-12-21(13-9-18)29-15-14-28-20-4-2-1-3-5-20/h1-13H,14-15H2,(H2,25,26,27,30). The van der Waals surface area contributed by atoms with Crippen LogP contribution in [0.5, 0.6) is 11.5 Å². The van der Waals surface area contributed by atoms with Gasteiger partial charge in [0.25, 0.3) is 5.91 Å². The van der Waals surface area contributed by atoms with Gasteiger partial charge in [-0.1, -0.05) is 18.2 Å². The third kappa shape index (κ3) is 6.33. The number of ether oxygens (including phenoxy) is 2. The topological polar surface area (TPSA) is 83.4 Å². The molecule has 0 aliphatic rings. The average molecular weight is 417 g/mol. The predicted octanol–water partition coefficient (Wildman–Crippen LogP) is 4.14. The Morgan fingerprint density at radius 3 is 2.07 bits per heavy atom. The van der Waals surface area contributed by atoms with Crippen LogP contribution < -0.4 is 20.1 Å². The van der Waals surface area contributed by atoms with Crippen LogP contribution in [0.4, 0.5) is 5.69 Å². The van der Waals surface area contributed by atoms with Crippen molar-refractivity contribution in [3.05, 3.63) is 90.0 Å². The van der Waals surface area contributed by atoms with E-state index in [4.69, 9.17) is 27.0 Å². The molecule has 0 saturated carbocycles. The maximum Gasteiger partial charge on any atom is 0.257 e. The molecule has 3 aromatic rings. The number of hydrogen-bond acceptors (Lipinski definition) is 5. The molecule has 150 valence electrons. The normalized spacial score (nSPS) is 9.83. The summed E-state index contributed by atoms with van der Waals surface area (Å²) in [5.74, 6) is 1.10. The van der Waals surface area contributed by atoms with E-state index in [-0.39, 0.29) is 11.0 Å². The fourth-order valence-corrected chi connectivity index (χ4v) is 2.71. The molecule has 0 atom stereocenters. The summed E-state index contributed by atoms with van der Waals surface area (Å²) in [6.07, 6.45) is 0. The fraction of sp³-hybridized carbons (Fsp3) is 0.0870. The highest BCUT2D eigenvalue weighted by molar-refractivity contribution is 7.80. The Morgan fingerprint density at radius 2 is 1.47 bits per heavy atom. The minimum Gasteiger partial charge on any atom is -0.490 e. The molecule has 1 amide bonds. The fourth-order valence-electron chi connectivity index (χ4n) is 2.50. The Balaban J connectivity index is 1.43. The number of nitrogens with one attached hydrogen (secondary N) is 2. The van der Waals surface area contributed by atoms with Crippen molar-refractivity contribution < 1.29 is 14.3 Å². The molecule has 0 unspecified atom stereocenters. The first-order valence-corrected chi connectivity index (χ1v) is 9.58. The molecule has 0 aliphatic carbocycles. The van der Waals surface area contributed by atoms with Crippen molar-refractivity contribution in [1.29, 1.82) is 5.26 Å². The number of para-hydroxylation sites is 1. The first-order chi connectivity index (χ1) is 14.6. The molecule has 0 spiro atoms. The van der Waals surface area contributed by atoms with Crippen LogP contribution in [0.25, 0.3) is 0 Å². The van der Waals surface area contributed by atoms with Gasteiger partial charge in [-0.05, 0) is 72.9 Å². The van der Waals surface area contributed by atoms with Crippen molar-refractivity contribution in [2.24, 2.45) is 0 Å². The second-order valence-corrected chi connectivity index (χ2v) is 6.54. The first-order valence-electron chi connectivity index (χ1n) is 9.17.